The Kier molecular flexibility index (Phi) is 3.96. The number of nitrogens with one attached hydrogen (secondary N) is 2. The van der Waals surface area contributed by atoms with Crippen molar-refractivity contribution in [3.05, 3.63) is 33.9 Å². The van der Waals surface area contributed by atoms with Crippen molar-refractivity contribution in [2.24, 2.45) is 0 Å². The lowest BCUT2D eigenvalue weighted by molar-refractivity contribution is -0.385. The van der Waals surface area contributed by atoms with Crippen molar-refractivity contribution in [2.45, 2.75) is 12.5 Å². The zero-order valence-corrected chi connectivity index (χ0v) is 10.5. The molecule has 1 aromatic rings. The summed E-state index contributed by atoms with van der Waals surface area (Å²) in [7, 11) is 1.34. The zero-order chi connectivity index (χ0) is 13.8. The van der Waals surface area contributed by atoms with Gasteiger partial charge < -0.3 is 15.4 Å². The number of amides is 1. The maximum absolute atomic E-state index is 12.0. The summed E-state index contributed by atoms with van der Waals surface area (Å²) in [4.78, 5) is 22.2. The first-order valence-electron chi connectivity index (χ1n) is 5.96. The molecule has 0 unspecified atom stereocenters. The van der Waals surface area contributed by atoms with Crippen LogP contribution >= 0.6 is 0 Å². The minimum atomic E-state index is -0.540. The molecule has 102 valence electrons. The van der Waals surface area contributed by atoms with E-state index in [1.165, 1.54) is 25.3 Å². The van der Waals surface area contributed by atoms with Gasteiger partial charge in [0.1, 0.15) is 0 Å². The molecule has 0 saturated carbocycles. The van der Waals surface area contributed by atoms with E-state index in [1.807, 2.05) is 0 Å². The Morgan fingerprint density at radius 3 is 2.95 bits per heavy atom. The summed E-state index contributed by atoms with van der Waals surface area (Å²) < 4.78 is 4.93. The number of carbonyl (C=O) groups is 1. The molecule has 1 fully saturated rings. The van der Waals surface area contributed by atoms with Gasteiger partial charge in [-0.25, -0.2) is 0 Å². The highest BCUT2D eigenvalue weighted by Gasteiger charge is 2.20. The third-order valence-corrected chi connectivity index (χ3v) is 3.03. The Bertz CT molecular complexity index is 498. The van der Waals surface area contributed by atoms with Crippen LogP contribution in [0, 0.1) is 10.1 Å². The van der Waals surface area contributed by atoms with Crippen molar-refractivity contribution in [3.63, 3.8) is 0 Å². The fourth-order valence-electron chi connectivity index (χ4n) is 2.02. The molecule has 19 heavy (non-hydrogen) atoms. The number of methoxy groups -OCH3 is 1. The predicted octanol–water partition coefficient (Wildman–Crippen LogP) is 0.695. The highest BCUT2D eigenvalue weighted by Crippen LogP contribution is 2.27. The Labute approximate surface area is 110 Å². The van der Waals surface area contributed by atoms with Crippen LogP contribution in [-0.4, -0.2) is 37.1 Å². The van der Waals surface area contributed by atoms with E-state index in [1.54, 1.807) is 0 Å². The topological polar surface area (TPSA) is 93.5 Å². The second-order valence-corrected chi connectivity index (χ2v) is 4.31. The number of ether oxygens (including phenoxy) is 1. The van der Waals surface area contributed by atoms with E-state index in [9.17, 15) is 14.9 Å². The van der Waals surface area contributed by atoms with E-state index in [-0.39, 0.29) is 23.4 Å². The molecule has 1 saturated heterocycles. The minimum absolute atomic E-state index is 0.0854. The molecule has 1 aliphatic rings. The fourth-order valence-corrected chi connectivity index (χ4v) is 2.02. The van der Waals surface area contributed by atoms with Crippen molar-refractivity contribution in [3.8, 4) is 5.75 Å². The Morgan fingerprint density at radius 1 is 1.58 bits per heavy atom. The average molecular weight is 265 g/mol. The molecule has 1 amide bonds. The molecule has 1 aromatic carbocycles. The molecule has 0 spiro atoms. The number of benzene rings is 1. The first-order chi connectivity index (χ1) is 9.11. The summed E-state index contributed by atoms with van der Waals surface area (Å²) >= 11 is 0. The smallest absolute Gasteiger partial charge is 0.310 e. The molecule has 1 aliphatic heterocycles. The highest BCUT2D eigenvalue weighted by molar-refractivity contribution is 5.95. The summed E-state index contributed by atoms with van der Waals surface area (Å²) in [6.07, 6.45) is 0.885. The molecule has 7 heteroatoms. The fraction of sp³-hybridized carbons (Fsp3) is 0.417. The standard InChI is InChI=1S/C12H15N3O4/c1-19-11-6-8(2-3-10(11)15(17)18)12(16)14-9-4-5-13-7-9/h2-3,6,9,13H,4-5,7H2,1H3,(H,14,16)/t9-/m0/s1. The number of hydrogen-bond acceptors (Lipinski definition) is 5. The van der Waals surface area contributed by atoms with Gasteiger partial charge in [-0.1, -0.05) is 0 Å². The molecule has 2 N–H and O–H groups in total. The van der Waals surface area contributed by atoms with E-state index < -0.39 is 4.92 Å². The van der Waals surface area contributed by atoms with Gasteiger partial charge in [0.25, 0.3) is 5.91 Å². The van der Waals surface area contributed by atoms with Crippen LogP contribution in [0.25, 0.3) is 0 Å². The van der Waals surface area contributed by atoms with Crippen molar-refractivity contribution in [1.82, 2.24) is 10.6 Å². The molecule has 0 bridgehead atoms. The number of hydrogen-bond donors (Lipinski definition) is 2. The molecule has 1 atom stereocenters. The normalized spacial score (nSPS) is 18.1. The van der Waals surface area contributed by atoms with Crippen LogP contribution in [0.5, 0.6) is 5.75 Å². The van der Waals surface area contributed by atoms with Gasteiger partial charge >= 0.3 is 5.69 Å². The van der Waals surface area contributed by atoms with E-state index in [0.717, 1.165) is 19.5 Å². The number of carbonyl (C=O) groups excluding carboxylic acids is 1. The third-order valence-electron chi connectivity index (χ3n) is 3.03. The van der Waals surface area contributed by atoms with Crippen molar-refractivity contribution < 1.29 is 14.5 Å². The lowest BCUT2D eigenvalue weighted by Gasteiger charge is -2.11. The van der Waals surface area contributed by atoms with Gasteiger partial charge in [0, 0.05) is 30.3 Å². The van der Waals surface area contributed by atoms with Crippen molar-refractivity contribution >= 4 is 11.6 Å². The second-order valence-electron chi connectivity index (χ2n) is 4.31. The van der Waals surface area contributed by atoms with Gasteiger partial charge in [0.05, 0.1) is 12.0 Å². The summed E-state index contributed by atoms with van der Waals surface area (Å²) in [6, 6.07) is 4.20. The predicted molar refractivity (Wildman–Crippen MR) is 68.4 cm³/mol. The lowest BCUT2D eigenvalue weighted by Crippen LogP contribution is -2.36. The number of nitrogens with zero attached hydrogens (tertiary/aromatic N) is 1. The first kappa shape index (κ1) is 13.3. The monoisotopic (exact) mass is 265 g/mol. The van der Waals surface area contributed by atoms with Crippen LogP contribution in [0.1, 0.15) is 16.8 Å². The summed E-state index contributed by atoms with van der Waals surface area (Å²) in [5, 5.41) is 16.8. The second kappa shape index (κ2) is 5.66. The average Bonchev–Trinajstić information content (AvgIpc) is 2.90. The van der Waals surface area contributed by atoms with Crippen molar-refractivity contribution in [2.75, 3.05) is 20.2 Å². The molecular weight excluding hydrogens is 250 g/mol. The molecule has 7 nitrogen and oxygen atoms in total. The molecule has 1 heterocycles. The molecule has 2 rings (SSSR count). The third kappa shape index (κ3) is 3.00. The summed E-state index contributed by atoms with van der Waals surface area (Å²) in [5.41, 5.74) is 0.205. The maximum Gasteiger partial charge on any atom is 0.310 e. The van der Waals surface area contributed by atoms with Gasteiger partial charge in [0.2, 0.25) is 0 Å². The maximum atomic E-state index is 12.0. The van der Waals surface area contributed by atoms with Gasteiger partial charge in [-0.2, -0.15) is 0 Å². The van der Waals surface area contributed by atoms with Gasteiger partial charge in [-0.3, -0.25) is 14.9 Å². The van der Waals surface area contributed by atoms with Gasteiger partial charge in [0.15, 0.2) is 5.75 Å². The van der Waals surface area contributed by atoms with Crippen LogP contribution in [0.4, 0.5) is 5.69 Å². The van der Waals surface area contributed by atoms with Crippen molar-refractivity contribution in [1.29, 1.82) is 0 Å². The first-order valence-corrected chi connectivity index (χ1v) is 5.96. The summed E-state index contributed by atoms with van der Waals surface area (Å²) in [6.45, 7) is 1.63. The van der Waals surface area contributed by atoms with E-state index in [2.05, 4.69) is 10.6 Å². The molecule has 0 aliphatic carbocycles. The van der Waals surface area contributed by atoms with Gasteiger partial charge in [-0.15, -0.1) is 0 Å². The Hall–Kier alpha value is -2.15. The molecule has 0 aromatic heterocycles. The van der Waals surface area contributed by atoms with Crippen LogP contribution in [0.3, 0.4) is 0 Å². The number of rotatable bonds is 4. The van der Waals surface area contributed by atoms with E-state index in [0.29, 0.717) is 5.56 Å². The number of nitro groups is 1. The highest BCUT2D eigenvalue weighted by atomic mass is 16.6. The minimum Gasteiger partial charge on any atom is -0.490 e. The van der Waals surface area contributed by atoms with Crippen LogP contribution in [0.2, 0.25) is 0 Å². The lowest BCUT2D eigenvalue weighted by atomic mass is 10.1. The Balaban J connectivity index is 2.15. The van der Waals surface area contributed by atoms with Crippen LogP contribution in [-0.2, 0) is 0 Å². The summed E-state index contributed by atoms with van der Waals surface area (Å²) in [5.74, 6) is -0.163. The van der Waals surface area contributed by atoms with Crippen LogP contribution in [0.15, 0.2) is 18.2 Å². The quantitative estimate of drug-likeness (QED) is 0.617. The van der Waals surface area contributed by atoms with Crippen LogP contribution < -0.4 is 15.4 Å². The zero-order valence-electron chi connectivity index (χ0n) is 10.5. The molecule has 0 radical (unpaired) electrons. The number of nitro benzene ring substituents is 1. The largest absolute Gasteiger partial charge is 0.490 e. The van der Waals surface area contributed by atoms with E-state index >= 15 is 0 Å². The SMILES string of the molecule is COc1cc(C(=O)N[C@H]2CCNC2)ccc1[N+](=O)[O-]. The van der Waals surface area contributed by atoms with E-state index in [4.69, 9.17) is 4.74 Å². The van der Waals surface area contributed by atoms with Gasteiger partial charge in [-0.05, 0) is 19.0 Å². The Morgan fingerprint density at radius 2 is 2.37 bits per heavy atom. The molecular formula is C12H15N3O4.